The number of methoxy groups -OCH3 is 1. The van der Waals surface area contributed by atoms with E-state index in [4.69, 9.17) is 4.74 Å². The maximum atomic E-state index is 5.44. The summed E-state index contributed by atoms with van der Waals surface area (Å²) in [6.07, 6.45) is 5.07. The summed E-state index contributed by atoms with van der Waals surface area (Å²) >= 11 is 0. The number of fused-ring (bicyclic) bond motifs is 1. The first-order chi connectivity index (χ1) is 9.76. The van der Waals surface area contributed by atoms with Crippen molar-refractivity contribution in [3.05, 3.63) is 36.0 Å². The monoisotopic (exact) mass is 270 g/mol. The summed E-state index contributed by atoms with van der Waals surface area (Å²) in [5.41, 5.74) is 3.31. The lowest BCUT2D eigenvalue weighted by atomic mass is 9.92. The number of para-hydroxylation sites is 1. The van der Waals surface area contributed by atoms with Gasteiger partial charge in [0, 0.05) is 24.2 Å². The minimum absolute atomic E-state index is 0.445. The van der Waals surface area contributed by atoms with Crippen molar-refractivity contribution in [3.63, 3.8) is 0 Å². The molecule has 0 atom stereocenters. The molecule has 2 aromatic rings. The molecule has 0 spiro atoms. The summed E-state index contributed by atoms with van der Waals surface area (Å²) in [5, 5.41) is 4.88. The maximum Gasteiger partial charge on any atom is 0.0936 e. The second-order valence-corrected chi connectivity index (χ2v) is 5.68. The van der Waals surface area contributed by atoms with Crippen LogP contribution in [0.15, 0.2) is 30.3 Å². The quantitative estimate of drug-likeness (QED) is 0.918. The molecule has 3 rings (SSSR count). The summed E-state index contributed by atoms with van der Waals surface area (Å²) in [7, 11) is 1.82. The highest BCUT2D eigenvalue weighted by atomic mass is 16.5. The van der Waals surface area contributed by atoms with Gasteiger partial charge < -0.3 is 10.1 Å². The standard InChI is InChI=1S/C17H22N2O/c1-12-6-7-13-4-3-5-16(17(13)18-12)19-14-8-10-15(20-2)11-9-14/h3-7,14-15,19H,8-11H2,1-2H3. The van der Waals surface area contributed by atoms with Crippen molar-refractivity contribution in [2.24, 2.45) is 0 Å². The van der Waals surface area contributed by atoms with Gasteiger partial charge in [0.05, 0.1) is 17.3 Å². The zero-order valence-electron chi connectivity index (χ0n) is 12.2. The van der Waals surface area contributed by atoms with Crippen molar-refractivity contribution in [3.8, 4) is 0 Å². The molecule has 1 aromatic carbocycles. The Bertz CT molecular complexity index is 589. The topological polar surface area (TPSA) is 34.1 Å². The summed E-state index contributed by atoms with van der Waals surface area (Å²) in [4.78, 5) is 4.69. The minimum Gasteiger partial charge on any atom is -0.381 e. The van der Waals surface area contributed by atoms with Gasteiger partial charge in [-0.2, -0.15) is 0 Å². The third kappa shape index (κ3) is 2.78. The second-order valence-electron chi connectivity index (χ2n) is 5.68. The average Bonchev–Trinajstić information content (AvgIpc) is 2.49. The molecule has 0 radical (unpaired) electrons. The van der Waals surface area contributed by atoms with E-state index in [0.717, 1.165) is 29.7 Å². The van der Waals surface area contributed by atoms with Crippen LogP contribution in [-0.2, 0) is 4.74 Å². The van der Waals surface area contributed by atoms with Gasteiger partial charge in [0.2, 0.25) is 0 Å². The van der Waals surface area contributed by atoms with E-state index < -0.39 is 0 Å². The Kier molecular flexibility index (Phi) is 3.88. The Hall–Kier alpha value is -1.61. The number of benzene rings is 1. The molecule has 1 N–H and O–H groups in total. The van der Waals surface area contributed by atoms with Crippen molar-refractivity contribution in [2.45, 2.75) is 44.8 Å². The zero-order valence-corrected chi connectivity index (χ0v) is 12.2. The molecular weight excluding hydrogens is 248 g/mol. The summed E-state index contributed by atoms with van der Waals surface area (Å²) in [5.74, 6) is 0. The fourth-order valence-corrected chi connectivity index (χ4v) is 3.02. The van der Waals surface area contributed by atoms with E-state index in [0.29, 0.717) is 12.1 Å². The molecule has 0 amide bonds. The lowest BCUT2D eigenvalue weighted by Crippen LogP contribution is -2.29. The van der Waals surface area contributed by atoms with Crippen LogP contribution in [0.25, 0.3) is 10.9 Å². The van der Waals surface area contributed by atoms with Gasteiger partial charge in [0.1, 0.15) is 0 Å². The van der Waals surface area contributed by atoms with Gasteiger partial charge in [-0.1, -0.05) is 18.2 Å². The van der Waals surface area contributed by atoms with E-state index in [-0.39, 0.29) is 0 Å². The van der Waals surface area contributed by atoms with Crippen molar-refractivity contribution in [1.29, 1.82) is 0 Å². The van der Waals surface area contributed by atoms with Gasteiger partial charge in [-0.15, -0.1) is 0 Å². The van der Waals surface area contributed by atoms with Gasteiger partial charge in [0.15, 0.2) is 0 Å². The second kappa shape index (κ2) is 5.80. The smallest absolute Gasteiger partial charge is 0.0936 e. The number of nitrogens with zero attached hydrogens (tertiary/aromatic N) is 1. The van der Waals surface area contributed by atoms with Crippen LogP contribution in [0.1, 0.15) is 31.4 Å². The minimum atomic E-state index is 0.445. The van der Waals surface area contributed by atoms with Crippen LogP contribution < -0.4 is 5.32 Å². The number of pyridine rings is 1. The molecule has 1 heterocycles. The van der Waals surface area contributed by atoms with Gasteiger partial charge in [-0.05, 0) is 44.7 Å². The Labute approximate surface area is 120 Å². The van der Waals surface area contributed by atoms with E-state index >= 15 is 0 Å². The lowest BCUT2D eigenvalue weighted by molar-refractivity contribution is 0.0682. The molecule has 0 unspecified atom stereocenters. The summed E-state index contributed by atoms with van der Waals surface area (Å²) < 4.78 is 5.44. The summed E-state index contributed by atoms with van der Waals surface area (Å²) in [6.45, 7) is 2.04. The molecule has 0 saturated heterocycles. The van der Waals surface area contributed by atoms with Gasteiger partial charge in [0.25, 0.3) is 0 Å². The first-order valence-corrected chi connectivity index (χ1v) is 7.42. The Balaban J connectivity index is 1.79. The third-order valence-electron chi connectivity index (χ3n) is 4.23. The first-order valence-electron chi connectivity index (χ1n) is 7.42. The molecule has 20 heavy (non-hydrogen) atoms. The van der Waals surface area contributed by atoms with Crippen LogP contribution in [0.4, 0.5) is 5.69 Å². The van der Waals surface area contributed by atoms with E-state index in [1.807, 2.05) is 14.0 Å². The molecule has 106 valence electrons. The number of aryl methyl sites for hydroxylation is 1. The largest absolute Gasteiger partial charge is 0.381 e. The van der Waals surface area contributed by atoms with Gasteiger partial charge >= 0.3 is 0 Å². The molecule has 1 aliphatic carbocycles. The number of ether oxygens (including phenoxy) is 1. The third-order valence-corrected chi connectivity index (χ3v) is 4.23. The van der Waals surface area contributed by atoms with Crippen molar-refractivity contribution in [2.75, 3.05) is 12.4 Å². The average molecular weight is 270 g/mol. The van der Waals surface area contributed by atoms with Crippen LogP contribution in [0.5, 0.6) is 0 Å². The Morgan fingerprint density at radius 3 is 2.65 bits per heavy atom. The molecule has 0 aliphatic heterocycles. The van der Waals surface area contributed by atoms with Crippen molar-refractivity contribution in [1.82, 2.24) is 4.98 Å². The number of hydrogen-bond acceptors (Lipinski definition) is 3. The Morgan fingerprint density at radius 1 is 1.10 bits per heavy atom. The molecule has 3 nitrogen and oxygen atoms in total. The number of anilines is 1. The number of rotatable bonds is 3. The number of nitrogens with one attached hydrogen (secondary N) is 1. The molecule has 3 heteroatoms. The predicted molar refractivity (Wildman–Crippen MR) is 83.2 cm³/mol. The van der Waals surface area contributed by atoms with Crippen LogP contribution in [0.3, 0.4) is 0 Å². The molecule has 1 aromatic heterocycles. The number of aromatic nitrogens is 1. The fraction of sp³-hybridized carbons (Fsp3) is 0.471. The van der Waals surface area contributed by atoms with Crippen LogP contribution in [0, 0.1) is 6.92 Å². The summed E-state index contributed by atoms with van der Waals surface area (Å²) in [6, 6.07) is 11.1. The number of hydrogen-bond donors (Lipinski definition) is 1. The highest BCUT2D eigenvalue weighted by Crippen LogP contribution is 2.27. The highest BCUT2D eigenvalue weighted by Gasteiger charge is 2.21. The van der Waals surface area contributed by atoms with E-state index in [1.54, 1.807) is 0 Å². The van der Waals surface area contributed by atoms with E-state index in [2.05, 4.69) is 40.6 Å². The first kappa shape index (κ1) is 13.4. The predicted octanol–water partition coefficient (Wildman–Crippen LogP) is 3.91. The lowest BCUT2D eigenvalue weighted by Gasteiger charge is -2.29. The maximum absolute atomic E-state index is 5.44. The van der Waals surface area contributed by atoms with Gasteiger partial charge in [-0.3, -0.25) is 4.98 Å². The fourth-order valence-electron chi connectivity index (χ4n) is 3.02. The molecular formula is C17H22N2O. The van der Waals surface area contributed by atoms with Gasteiger partial charge in [-0.25, -0.2) is 0 Å². The Morgan fingerprint density at radius 2 is 1.90 bits per heavy atom. The SMILES string of the molecule is COC1CCC(Nc2cccc3ccc(C)nc23)CC1. The normalized spacial score (nSPS) is 22.9. The van der Waals surface area contributed by atoms with Crippen molar-refractivity contribution < 1.29 is 4.74 Å². The van der Waals surface area contributed by atoms with Crippen LogP contribution in [0.2, 0.25) is 0 Å². The molecule has 1 saturated carbocycles. The molecule has 0 bridgehead atoms. The molecule has 1 fully saturated rings. The van der Waals surface area contributed by atoms with E-state index in [9.17, 15) is 0 Å². The molecule has 1 aliphatic rings. The van der Waals surface area contributed by atoms with E-state index in [1.165, 1.54) is 18.2 Å². The van der Waals surface area contributed by atoms with Crippen molar-refractivity contribution >= 4 is 16.6 Å². The van der Waals surface area contributed by atoms with Crippen LogP contribution >= 0.6 is 0 Å². The highest BCUT2D eigenvalue weighted by molar-refractivity contribution is 5.90. The zero-order chi connectivity index (χ0) is 13.9. The van der Waals surface area contributed by atoms with Crippen LogP contribution in [-0.4, -0.2) is 24.2 Å².